The molecule has 0 fully saturated rings. The second-order valence-electron chi connectivity index (χ2n) is 6.58. The van der Waals surface area contributed by atoms with Gasteiger partial charge in [-0.05, 0) is 47.5 Å². The van der Waals surface area contributed by atoms with Gasteiger partial charge in [0.25, 0.3) is 5.91 Å². The number of aromatic nitrogens is 3. The fourth-order valence-electron chi connectivity index (χ4n) is 3.26. The summed E-state index contributed by atoms with van der Waals surface area (Å²) in [6.45, 7) is 0. The number of ether oxygens (including phenoxy) is 1. The number of nitrogens with one attached hydrogen (secondary N) is 2. The first kappa shape index (κ1) is 19.5. The third-order valence-corrected chi connectivity index (χ3v) is 4.69. The number of carbonyl (C=O) groups excluding carboxylic acids is 1. The predicted octanol–water partition coefficient (Wildman–Crippen LogP) is 4.60. The fourth-order valence-corrected chi connectivity index (χ4v) is 3.26. The van der Waals surface area contributed by atoms with Crippen LogP contribution < -0.4 is 5.32 Å². The van der Waals surface area contributed by atoms with E-state index in [-0.39, 0.29) is 11.7 Å². The van der Waals surface area contributed by atoms with Crippen LogP contribution in [0.15, 0.2) is 79.1 Å². The molecule has 2 heterocycles. The van der Waals surface area contributed by atoms with Gasteiger partial charge in [-0.25, -0.2) is 4.39 Å². The van der Waals surface area contributed by atoms with E-state index in [0.29, 0.717) is 17.1 Å². The second-order valence-corrected chi connectivity index (χ2v) is 6.58. The van der Waals surface area contributed by atoms with Crippen LogP contribution in [0.4, 0.5) is 10.2 Å². The van der Waals surface area contributed by atoms with Gasteiger partial charge in [-0.3, -0.25) is 14.9 Å². The van der Waals surface area contributed by atoms with Crippen molar-refractivity contribution in [3.05, 3.63) is 90.5 Å². The van der Waals surface area contributed by atoms with E-state index in [4.69, 9.17) is 4.74 Å². The molecule has 0 aliphatic carbocycles. The zero-order chi connectivity index (χ0) is 20.9. The van der Waals surface area contributed by atoms with Crippen LogP contribution in [-0.2, 0) is 9.53 Å². The molecule has 4 aromatic rings. The molecule has 150 valence electrons. The molecule has 2 N–H and O–H groups in total. The highest BCUT2D eigenvalue weighted by molar-refractivity contribution is 6.00. The molecule has 1 amide bonds. The summed E-state index contributed by atoms with van der Waals surface area (Å²) in [6, 6.07) is 18.9. The molecule has 0 radical (unpaired) electrons. The van der Waals surface area contributed by atoms with Gasteiger partial charge in [-0.15, -0.1) is 0 Å². The highest BCUT2D eigenvalue weighted by Crippen LogP contribution is 2.36. The van der Waals surface area contributed by atoms with Gasteiger partial charge in [-0.2, -0.15) is 5.10 Å². The summed E-state index contributed by atoms with van der Waals surface area (Å²) >= 11 is 0. The maximum Gasteiger partial charge on any atom is 0.259 e. The third-order valence-electron chi connectivity index (χ3n) is 4.69. The number of anilines is 1. The van der Waals surface area contributed by atoms with Crippen LogP contribution >= 0.6 is 0 Å². The van der Waals surface area contributed by atoms with Crippen molar-refractivity contribution in [2.75, 3.05) is 12.4 Å². The Hall–Kier alpha value is -3.84. The molecule has 0 saturated carbocycles. The van der Waals surface area contributed by atoms with Crippen LogP contribution in [0.2, 0.25) is 0 Å². The molecule has 30 heavy (non-hydrogen) atoms. The zero-order valence-corrected chi connectivity index (χ0v) is 16.2. The van der Waals surface area contributed by atoms with Crippen LogP contribution in [-0.4, -0.2) is 28.2 Å². The minimum Gasteiger partial charge on any atom is -0.367 e. The fraction of sp³-hybridized carbons (Fsp3) is 0.0870. The number of aromatic amines is 1. The lowest BCUT2D eigenvalue weighted by molar-refractivity contribution is -0.126. The first-order valence-electron chi connectivity index (χ1n) is 9.30. The number of hydrogen-bond acceptors (Lipinski definition) is 4. The summed E-state index contributed by atoms with van der Waals surface area (Å²) in [7, 11) is 1.48. The molecule has 1 unspecified atom stereocenters. The molecule has 4 rings (SSSR count). The van der Waals surface area contributed by atoms with Crippen molar-refractivity contribution in [1.82, 2.24) is 15.2 Å². The SMILES string of the molecule is COC(C(=O)Nc1n[nH]c(-c2ccc(F)cc2)c1-c1ccncc1)c1ccccc1. The van der Waals surface area contributed by atoms with Gasteiger partial charge in [0.1, 0.15) is 5.82 Å². The van der Waals surface area contributed by atoms with Crippen molar-refractivity contribution in [3.8, 4) is 22.4 Å². The highest BCUT2D eigenvalue weighted by Gasteiger charge is 2.24. The maximum atomic E-state index is 13.4. The number of halogens is 1. The summed E-state index contributed by atoms with van der Waals surface area (Å²) in [5.74, 6) is -0.331. The molecule has 0 aliphatic heterocycles. The Morgan fingerprint density at radius 2 is 1.70 bits per heavy atom. The van der Waals surface area contributed by atoms with Gasteiger partial charge in [0.2, 0.25) is 0 Å². The topological polar surface area (TPSA) is 79.9 Å². The number of carbonyl (C=O) groups is 1. The lowest BCUT2D eigenvalue weighted by Crippen LogP contribution is -2.23. The number of benzene rings is 2. The average Bonchev–Trinajstić information content (AvgIpc) is 3.19. The summed E-state index contributed by atoms with van der Waals surface area (Å²) in [5.41, 5.74) is 3.62. The van der Waals surface area contributed by atoms with Gasteiger partial charge in [0.05, 0.1) is 11.3 Å². The van der Waals surface area contributed by atoms with E-state index >= 15 is 0 Å². The Kier molecular flexibility index (Phi) is 5.63. The van der Waals surface area contributed by atoms with Crippen LogP contribution in [0.5, 0.6) is 0 Å². The lowest BCUT2D eigenvalue weighted by atomic mass is 10.0. The normalized spacial score (nSPS) is 11.8. The number of nitrogens with zero attached hydrogens (tertiary/aromatic N) is 2. The van der Waals surface area contributed by atoms with E-state index in [2.05, 4.69) is 20.5 Å². The first-order valence-corrected chi connectivity index (χ1v) is 9.30. The smallest absolute Gasteiger partial charge is 0.259 e. The number of hydrogen-bond donors (Lipinski definition) is 2. The van der Waals surface area contributed by atoms with Crippen molar-refractivity contribution in [3.63, 3.8) is 0 Å². The number of methoxy groups -OCH3 is 1. The average molecular weight is 402 g/mol. The number of pyridine rings is 1. The monoisotopic (exact) mass is 402 g/mol. The highest BCUT2D eigenvalue weighted by atomic mass is 19.1. The molecular weight excluding hydrogens is 383 g/mol. The van der Waals surface area contributed by atoms with Gasteiger partial charge in [0, 0.05) is 25.1 Å². The molecular formula is C23H19FN4O2. The first-order chi connectivity index (χ1) is 14.7. The predicted molar refractivity (Wildman–Crippen MR) is 112 cm³/mol. The zero-order valence-electron chi connectivity index (χ0n) is 16.2. The lowest BCUT2D eigenvalue weighted by Gasteiger charge is -2.15. The Balaban J connectivity index is 1.73. The third kappa shape index (κ3) is 3.97. The minimum absolute atomic E-state index is 0.331. The van der Waals surface area contributed by atoms with Crippen LogP contribution in [0.25, 0.3) is 22.4 Å². The molecule has 0 spiro atoms. The van der Waals surface area contributed by atoms with Crippen LogP contribution in [0.3, 0.4) is 0 Å². The van der Waals surface area contributed by atoms with Gasteiger partial charge >= 0.3 is 0 Å². The number of H-pyrrole nitrogens is 1. The number of rotatable bonds is 6. The van der Waals surface area contributed by atoms with Crippen molar-refractivity contribution < 1.29 is 13.9 Å². The van der Waals surface area contributed by atoms with E-state index in [1.54, 1.807) is 24.5 Å². The second kappa shape index (κ2) is 8.67. The van der Waals surface area contributed by atoms with E-state index in [1.165, 1.54) is 19.2 Å². The minimum atomic E-state index is -0.789. The van der Waals surface area contributed by atoms with E-state index < -0.39 is 6.10 Å². The Morgan fingerprint density at radius 3 is 2.37 bits per heavy atom. The maximum absolute atomic E-state index is 13.4. The van der Waals surface area contributed by atoms with Crippen molar-refractivity contribution >= 4 is 11.7 Å². The molecule has 2 aromatic carbocycles. The molecule has 0 aliphatic rings. The molecule has 0 saturated heterocycles. The van der Waals surface area contributed by atoms with Crippen molar-refractivity contribution in [2.45, 2.75) is 6.10 Å². The van der Waals surface area contributed by atoms with E-state index in [9.17, 15) is 9.18 Å². The van der Waals surface area contributed by atoms with Gasteiger partial charge in [-0.1, -0.05) is 30.3 Å². The standard InChI is InChI=1S/C23H19FN4O2/c1-30-21(17-5-3-2-4-6-17)23(29)26-22-19(15-11-13-25-14-12-15)20(27-28-22)16-7-9-18(24)10-8-16/h2-14,21H,1H3,(H2,26,27,28,29). The van der Waals surface area contributed by atoms with E-state index in [0.717, 1.165) is 16.7 Å². The summed E-state index contributed by atoms with van der Waals surface area (Å²) in [5, 5.41) is 10.1. The molecule has 1 atom stereocenters. The van der Waals surface area contributed by atoms with Gasteiger partial charge < -0.3 is 10.1 Å². The largest absolute Gasteiger partial charge is 0.367 e. The summed E-state index contributed by atoms with van der Waals surface area (Å²) < 4.78 is 18.8. The van der Waals surface area contributed by atoms with E-state index in [1.807, 2.05) is 42.5 Å². The van der Waals surface area contributed by atoms with Crippen molar-refractivity contribution in [1.29, 1.82) is 0 Å². The Bertz CT molecular complexity index is 1130. The quantitative estimate of drug-likeness (QED) is 0.494. The summed E-state index contributed by atoms with van der Waals surface area (Å²) in [4.78, 5) is 17.0. The van der Waals surface area contributed by atoms with Crippen LogP contribution in [0, 0.1) is 5.82 Å². The summed E-state index contributed by atoms with van der Waals surface area (Å²) in [6.07, 6.45) is 2.52. The Labute approximate surface area is 172 Å². The Morgan fingerprint density at radius 1 is 1.00 bits per heavy atom. The number of amides is 1. The molecule has 2 aromatic heterocycles. The van der Waals surface area contributed by atoms with Gasteiger partial charge in [0.15, 0.2) is 11.9 Å². The molecule has 6 nitrogen and oxygen atoms in total. The molecule has 7 heteroatoms. The van der Waals surface area contributed by atoms with Crippen LogP contribution in [0.1, 0.15) is 11.7 Å². The molecule has 0 bridgehead atoms. The van der Waals surface area contributed by atoms with Crippen molar-refractivity contribution in [2.24, 2.45) is 0 Å².